The lowest BCUT2D eigenvalue weighted by Gasteiger charge is -2.10. The van der Waals surface area contributed by atoms with Crippen molar-refractivity contribution >= 4 is 17.6 Å². The first-order valence-electron chi connectivity index (χ1n) is 9.54. The number of carbonyl (C=O) groups excluding carboxylic acids is 2. The van der Waals surface area contributed by atoms with E-state index < -0.39 is 5.97 Å². The molecule has 1 N–H and O–H groups in total. The van der Waals surface area contributed by atoms with Crippen LogP contribution in [0.1, 0.15) is 39.3 Å². The van der Waals surface area contributed by atoms with Crippen LogP contribution < -0.4 is 14.8 Å². The Morgan fingerprint density at radius 2 is 1.93 bits per heavy atom. The SMILES string of the molecule is CCOC(=O)c1c(NC(=O)c2cc(C)oc2C)c(-c2ccc3c(c2)OCO3)cn1C. The Labute approximate surface area is 173 Å². The van der Waals surface area contributed by atoms with Crippen molar-refractivity contribution in [2.24, 2.45) is 7.05 Å². The minimum absolute atomic E-state index is 0.157. The quantitative estimate of drug-likeness (QED) is 0.638. The molecule has 156 valence electrons. The van der Waals surface area contributed by atoms with E-state index in [9.17, 15) is 9.59 Å². The summed E-state index contributed by atoms with van der Waals surface area (Å²) in [6.45, 7) is 5.60. The molecule has 0 spiro atoms. The molecule has 0 unspecified atom stereocenters. The number of nitrogens with one attached hydrogen (secondary N) is 1. The van der Waals surface area contributed by atoms with Crippen molar-refractivity contribution in [2.75, 3.05) is 18.7 Å². The van der Waals surface area contributed by atoms with Crippen molar-refractivity contribution in [1.29, 1.82) is 0 Å². The summed E-state index contributed by atoms with van der Waals surface area (Å²) in [6.07, 6.45) is 1.77. The number of nitrogens with zero attached hydrogens (tertiary/aromatic N) is 1. The van der Waals surface area contributed by atoms with Gasteiger partial charge in [0.15, 0.2) is 17.2 Å². The molecule has 1 aliphatic rings. The third-order valence-electron chi connectivity index (χ3n) is 4.86. The van der Waals surface area contributed by atoms with Crippen molar-refractivity contribution in [2.45, 2.75) is 20.8 Å². The van der Waals surface area contributed by atoms with Gasteiger partial charge in [-0.3, -0.25) is 4.79 Å². The number of aromatic nitrogens is 1. The number of hydrogen-bond acceptors (Lipinski definition) is 6. The lowest BCUT2D eigenvalue weighted by molar-refractivity contribution is 0.0516. The van der Waals surface area contributed by atoms with Gasteiger partial charge in [-0.2, -0.15) is 0 Å². The van der Waals surface area contributed by atoms with E-state index in [1.165, 1.54) is 0 Å². The van der Waals surface area contributed by atoms with Gasteiger partial charge in [0.25, 0.3) is 5.91 Å². The number of anilines is 1. The highest BCUT2D eigenvalue weighted by Gasteiger charge is 2.26. The Morgan fingerprint density at radius 1 is 1.17 bits per heavy atom. The van der Waals surface area contributed by atoms with Gasteiger partial charge in [-0.1, -0.05) is 6.07 Å². The number of hydrogen-bond donors (Lipinski definition) is 1. The molecule has 1 amide bonds. The van der Waals surface area contributed by atoms with Crippen LogP contribution in [0.5, 0.6) is 11.5 Å². The highest BCUT2D eigenvalue weighted by atomic mass is 16.7. The molecule has 0 aliphatic carbocycles. The molecule has 1 aliphatic heterocycles. The summed E-state index contributed by atoms with van der Waals surface area (Å²) in [5, 5.41) is 2.88. The molecule has 30 heavy (non-hydrogen) atoms. The summed E-state index contributed by atoms with van der Waals surface area (Å²) >= 11 is 0. The molecule has 3 aromatic rings. The third kappa shape index (κ3) is 3.41. The Bertz CT molecular complexity index is 1140. The molecule has 4 rings (SSSR count). The van der Waals surface area contributed by atoms with Gasteiger partial charge in [0.1, 0.15) is 11.5 Å². The van der Waals surface area contributed by atoms with Crippen molar-refractivity contribution in [3.63, 3.8) is 0 Å². The number of furan rings is 1. The fourth-order valence-corrected chi connectivity index (χ4v) is 3.52. The molecule has 0 radical (unpaired) electrons. The molecule has 2 aromatic heterocycles. The molecule has 8 nitrogen and oxygen atoms in total. The molecule has 1 aromatic carbocycles. The predicted molar refractivity (Wildman–Crippen MR) is 109 cm³/mol. The van der Waals surface area contributed by atoms with Crippen LogP contribution in [0.3, 0.4) is 0 Å². The number of benzene rings is 1. The molecular formula is C22H22N2O6. The Kier molecular flexibility index (Phi) is 4.99. The van der Waals surface area contributed by atoms with Crippen LogP contribution in [0.2, 0.25) is 0 Å². The fourth-order valence-electron chi connectivity index (χ4n) is 3.52. The first-order chi connectivity index (χ1) is 14.4. The Morgan fingerprint density at radius 3 is 2.63 bits per heavy atom. The number of ether oxygens (including phenoxy) is 3. The van der Waals surface area contributed by atoms with Crippen LogP contribution in [0.4, 0.5) is 5.69 Å². The van der Waals surface area contributed by atoms with Gasteiger partial charge in [0, 0.05) is 18.8 Å². The minimum atomic E-state index is -0.526. The average Bonchev–Trinajstić information content (AvgIpc) is 3.38. The van der Waals surface area contributed by atoms with Gasteiger partial charge in [-0.15, -0.1) is 0 Å². The lowest BCUT2D eigenvalue weighted by Crippen LogP contribution is -2.17. The van der Waals surface area contributed by atoms with Crippen LogP contribution in [-0.4, -0.2) is 29.8 Å². The van der Waals surface area contributed by atoms with E-state index in [4.69, 9.17) is 18.6 Å². The third-order valence-corrected chi connectivity index (χ3v) is 4.86. The summed E-state index contributed by atoms with van der Waals surface area (Å²) in [5.74, 6) is 1.49. The van der Waals surface area contributed by atoms with E-state index in [1.807, 2.05) is 12.1 Å². The molecule has 8 heteroatoms. The summed E-state index contributed by atoms with van der Waals surface area (Å²) in [7, 11) is 1.73. The van der Waals surface area contributed by atoms with E-state index in [-0.39, 0.29) is 25.0 Å². The van der Waals surface area contributed by atoms with E-state index in [0.29, 0.717) is 39.8 Å². The maximum atomic E-state index is 13.0. The number of fused-ring (bicyclic) bond motifs is 1. The molecular weight excluding hydrogens is 388 g/mol. The van der Waals surface area contributed by atoms with E-state index >= 15 is 0 Å². The molecule has 0 saturated carbocycles. The van der Waals surface area contributed by atoms with Crippen LogP contribution >= 0.6 is 0 Å². The van der Waals surface area contributed by atoms with Crippen LogP contribution in [0.15, 0.2) is 34.9 Å². The van der Waals surface area contributed by atoms with Gasteiger partial charge in [0.05, 0.1) is 17.9 Å². The largest absolute Gasteiger partial charge is 0.466 e. The van der Waals surface area contributed by atoms with Crippen LogP contribution in [-0.2, 0) is 11.8 Å². The maximum Gasteiger partial charge on any atom is 0.357 e. The summed E-state index contributed by atoms with van der Waals surface area (Å²) in [6, 6.07) is 7.12. The first-order valence-corrected chi connectivity index (χ1v) is 9.54. The van der Waals surface area contributed by atoms with Gasteiger partial charge in [0.2, 0.25) is 6.79 Å². The Balaban J connectivity index is 1.80. The van der Waals surface area contributed by atoms with Gasteiger partial charge >= 0.3 is 5.97 Å². The number of aryl methyl sites for hydroxylation is 3. The smallest absolute Gasteiger partial charge is 0.357 e. The summed E-state index contributed by atoms with van der Waals surface area (Å²) in [4.78, 5) is 25.6. The van der Waals surface area contributed by atoms with Crippen molar-refractivity contribution in [1.82, 2.24) is 4.57 Å². The molecule has 0 saturated heterocycles. The fraction of sp³-hybridized carbons (Fsp3) is 0.273. The number of rotatable bonds is 5. The number of carbonyl (C=O) groups is 2. The van der Waals surface area contributed by atoms with E-state index in [0.717, 1.165) is 5.56 Å². The number of esters is 1. The zero-order valence-electron chi connectivity index (χ0n) is 17.2. The standard InChI is InChI=1S/C22H22N2O6/c1-5-27-22(26)20-19(23-21(25)15-8-12(2)30-13(15)3)16(10-24(20)4)14-6-7-17-18(9-14)29-11-28-17/h6-10H,5,11H2,1-4H3,(H,23,25). The van der Waals surface area contributed by atoms with Crippen LogP contribution in [0, 0.1) is 13.8 Å². The number of amides is 1. The van der Waals surface area contributed by atoms with E-state index in [1.54, 1.807) is 50.7 Å². The maximum absolute atomic E-state index is 13.0. The van der Waals surface area contributed by atoms with Gasteiger partial charge < -0.3 is 28.5 Å². The monoisotopic (exact) mass is 410 g/mol. The second-order valence-corrected chi connectivity index (χ2v) is 6.95. The van der Waals surface area contributed by atoms with Crippen molar-refractivity contribution in [3.05, 3.63) is 53.2 Å². The zero-order valence-corrected chi connectivity index (χ0v) is 17.2. The topological polar surface area (TPSA) is 91.9 Å². The van der Waals surface area contributed by atoms with Crippen molar-refractivity contribution < 1.29 is 28.2 Å². The second-order valence-electron chi connectivity index (χ2n) is 6.95. The van der Waals surface area contributed by atoms with Crippen LogP contribution in [0.25, 0.3) is 11.1 Å². The second kappa shape index (κ2) is 7.62. The summed E-state index contributed by atoms with van der Waals surface area (Å²) < 4.78 is 23.2. The van der Waals surface area contributed by atoms with Gasteiger partial charge in [-0.25, -0.2) is 4.79 Å². The average molecular weight is 410 g/mol. The molecule has 0 bridgehead atoms. The predicted octanol–water partition coefficient (Wildman–Crippen LogP) is 4.06. The minimum Gasteiger partial charge on any atom is -0.466 e. The summed E-state index contributed by atoms with van der Waals surface area (Å²) in [5.41, 5.74) is 2.43. The van der Waals surface area contributed by atoms with Crippen molar-refractivity contribution in [3.8, 4) is 22.6 Å². The highest BCUT2D eigenvalue weighted by molar-refractivity contribution is 6.11. The van der Waals surface area contributed by atoms with Gasteiger partial charge in [-0.05, 0) is 44.5 Å². The van der Waals surface area contributed by atoms with E-state index in [2.05, 4.69) is 5.32 Å². The lowest BCUT2D eigenvalue weighted by atomic mass is 10.1. The molecule has 3 heterocycles. The normalized spacial score (nSPS) is 12.1. The highest BCUT2D eigenvalue weighted by Crippen LogP contribution is 2.40. The zero-order chi connectivity index (χ0) is 21.4. The molecule has 0 fully saturated rings. The molecule has 0 atom stereocenters. The Hall–Kier alpha value is -3.68. The first kappa shape index (κ1) is 19.6.